The van der Waals surface area contributed by atoms with Crippen molar-refractivity contribution in [1.82, 2.24) is 0 Å². The Kier molecular flexibility index (Phi) is 8.63. The molecule has 0 atom stereocenters. The predicted molar refractivity (Wildman–Crippen MR) is 95.1 cm³/mol. The molecule has 0 amide bonds. The molecule has 122 valence electrons. The van der Waals surface area contributed by atoms with Crippen LogP contribution in [0.3, 0.4) is 0 Å². The number of halogens is 2. The summed E-state index contributed by atoms with van der Waals surface area (Å²) >= 11 is 6.31. The first kappa shape index (κ1) is 20.8. The zero-order chi connectivity index (χ0) is 16.2. The average molecular weight is 415 g/mol. The van der Waals surface area contributed by atoms with Crippen LogP contribution in [0.1, 0.15) is 44.6 Å². The predicted octanol–water partition coefficient (Wildman–Crippen LogP) is 3.71. The molecular formula is C21H23ClFRb. The molecule has 0 aliphatic heterocycles. The van der Waals surface area contributed by atoms with E-state index in [1.165, 1.54) is 25.7 Å². The first-order chi connectivity index (χ1) is 11.1. The minimum absolute atomic E-state index is 0. The summed E-state index contributed by atoms with van der Waals surface area (Å²) in [5.74, 6) is 1.34. The van der Waals surface area contributed by atoms with Gasteiger partial charge in [0.2, 0.25) is 0 Å². The van der Waals surface area contributed by atoms with E-state index < -0.39 is 0 Å². The maximum Gasteiger partial charge on any atom is 1.00 e. The molecule has 0 nitrogen and oxygen atoms in total. The molecule has 0 bridgehead atoms. The number of hydrogen-bond acceptors (Lipinski definition) is 0. The molecule has 0 radical (unpaired) electrons. The number of rotatable bonds is 4. The van der Waals surface area contributed by atoms with E-state index in [0.29, 0.717) is 10.6 Å². The van der Waals surface area contributed by atoms with Gasteiger partial charge in [-0.1, -0.05) is 56.3 Å². The summed E-state index contributed by atoms with van der Waals surface area (Å²) in [7, 11) is 0. The van der Waals surface area contributed by atoms with Gasteiger partial charge >= 0.3 is 58.2 Å². The van der Waals surface area contributed by atoms with E-state index in [1.807, 2.05) is 24.3 Å². The van der Waals surface area contributed by atoms with Gasteiger partial charge in [-0.05, 0) is 35.8 Å². The van der Waals surface area contributed by atoms with Gasteiger partial charge in [0.25, 0.3) is 0 Å². The quantitative estimate of drug-likeness (QED) is 0.668. The maximum absolute atomic E-state index is 14.6. The van der Waals surface area contributed by atoms with Gasteiger partial charge in [0.05, 0.1) is 5.02 Å². The van der Waals surface area contributed by atoms with Crippen LogP contribution < -0.4 is 58.2 Å². The van der Waals surface area contributed by atoms with E-state index in [4.69, 9.17) is 11.6 Å². The molecule has 0 aromatic heterocycles. The molecule has 0 N–H and O–H groups in total. The third-order valence-corrected chi connectivity index (χ3v) is 5.56. The molecule has 0 saturated heterocycles. The van der Waals surface area contributed by atoms with Crippen molar-refractivity contribution in [1.29, 1.82) is 0 Å². The molecule has 3 heteroatoms. The molecule has 24 heavy (non-hydrogen) atoms. The Morgan fingerprint density at radius 2 is 1.75 bits per heavy atom. The van der Waals surface area contributed by atoms with Crippen molar-refractivity contribution in [3.63, 3.8) is 0 Å². The Labute approximate surface area is 199 Å². The standard InChI is InChI=1S/C21H23ClF.Rb/c1-15-7-9-16(10-8-15)11-12-18-13-14-19(21(23)20(18)22)17-5-3-2-4-6-17;/h3-6,13-16H,7-12H2,1H3;/q-1;+1. The maximum atomic E-state index is 14.6. The second-order valence-electron chi connectivity index (χ2n) is 6.85. The average Bonchev–Trinajstić information content (AvgIpc) is 2.58. The molecule has 1 fully saturated rings. The topological polar surface area (TPSA) is 0 Å². The Bertz CT molecular complexity index is 648. The summed E-state index contributed by atoms with van der Waals surface area (Å²) in [5.41, 5.74) is 2.35. The number of hydrogen-bond donors (Lipinski definition) is 0. The minimum Gasteiger partial charge on any atom is -0.205 e. The fourth-order valence-electron chi connectivity index (χ4n) is 3.55. The van der Waals surface area contributed by atoms with Crippen LogP contribution in [0.15, 0.2) is 36.4 Å². The van der Waals surface area contributed by atoms with Crippen molar-refractivity contribution in [2.45, 2.75) is 45.4 Å². The first-order valence-electron chi connectivity index (χ1n) is 8.58. The summed E-state index contributed by atoms with van der Waals surface area (Å²) in [6.45, 7) is 2.34. The molecule has 2 aromatic rings. The van der Waals surface area contributed by atoms with Gasteiger partial charge in [0.1, 0.15) is 5.82 Å². The van der Waals surface area contributed by atoms with Crippen molar-refractivity contribution in [3.05, 3.63) is 58.9 Å². The van der Waals surface area contributed by atoms with Crippen LogP contribution in [-0.4, -0.2) is 0 Å². The van der Waals surface area contributed by atoms with E-state index in [-0.39, 0.29) is 64.0 Å². The second-order valence-corrected chi connectivity index (χ2v) is 7.23. The van der Waals surface area contributed by atoms with Crippen LogP contribution in [-0.2, 0) is 6.42 Å². The fourth-order valence-corrected chi connectivity index (χ4v) is 3.81. The van der Waals surface area contributed by atoms with Crippen LogP contribution in [0.2, 0.25) is 5.02 Å². The summed E-state index contributed by atoms with van der Waals surface area (Å²) < 4.78 is 14.6. The smallest absolute Gasteiger partial charge is 0.205 e. The Morgan fingerprint density at radius 3 is 2.42 bits per heavy atom. The van der Waals surface area contributed by atoms with E-state index in [9.17, 15) is 4.39 Å². The van der Waals surface area contributed by atoms with Crippen LogP contribution in [0.4, 0.5) is 4.39 Å². The van der Waals surface area contributed by atoms with E-state index in [1.54, 1.807) is 12.1 Å². The van der Waals surface area contributed by atoms with Gasteiger partial charge < -0.3 is 0 Å². The number of aryl methyl sites for hydroxylation is 1. The Hall–Kier alpha value is 0.465. The van der Waals surface area contributed by atoms with Crippen LogP contribution in [0.5, 0.6) is 0 Å². The summed E-state index contributed by atoms with van der Waals surface area (Å²) in [6.07, 6.45) is 7.26. The molecule has 0 heterocycles. The van der Waals surface area contributed by atoms with Gasteiger partial charge in [-0.2, -0.15) is 30.3 Å². The third-order valence-electron chi connectivity index (χ3n) is 5.15. The summed E-state index contributed by atoms with van der Waals surface area (Å²) in [5, 5.41) is 0.291. The minimum atomic E-state index is -0.298. The van der Waals surface area contributed by atoms with Crippen molar-refractivity contribution in [2.75, 3.05) is 0 Å². The molecular weight excluding hydrogens is 392 g/mol. The van der Waals surface area contributed by atoms with Gasteiger partial charge in [-0.15, -0.1) is 5.56 Å². The molecule has 0 spiro atoms. The molecule has 1 aliphatic carbocycles. The molecule has 2 aromatic carbocycles. The van der Waals surface area contributed by atoms with Gasteiger partial charge in [-0.3, -0.25) is 0 Å². The van der Waals surface area contributed by atoms with Crippen molar-refractivity contribution in [2.24, 2.45) is 11.8 Å². The van der Waals surface area contributed by atoms with Crippen molar-refractivity contribution >= 4 is 11.6 Å². The normalized spacial score (nSPS) is 20.5. The van der Waals surface area contributed by atoms with Crippen LogP contribution in [0, 0.1) is 23.7 Å². The second kappa shape index (κ2) is 9.97. The molecule has 1 aliphatic rings. The van der Waals surface area contributed by atoms with Gasteiger partial charge in [0.15, 0.2) is 0 Å². The molecule has 3 rings (SSSR count). The first-order valence-corrected chi connectivity index (χ1v) is 8.96. The van der Waals surface area contributed by atoms with Crippen LogP contribution >= 0.6 is 11.6 Å². The zero-order valence-corrected chi connectivity index (χ0v) is 20.3. The molecule has 1 saturated carbocycles. The van der Waals surface area contributed by atoms with Crippen LogP contribution in [0.25, 0.3) is 11.1 Å². The number of benzene rings is 2. The van der Waals surface area contributed by atoms with E-state index in [0.717, 1.165) is 35.8 Å². The summed E-state index contributed by atoms with van der Waals surface area (Å²) in [4.78, 5) is 0. The Morgan fingerprint density at radius 1 is 1.08 bits per heavy atom. The fraction of sp³-hybridized carbons (Fsp3) is 0.429. The van der Waals surface area contributed by atoms with Gasteiger partial charge in [-0.25, -0.2) is 4.39 Å². The van der Waals surface area contributed by atoms with E-state index >= 15 is 0 Å². The van der Waals surface area contributed by atoms with E-state index in [2.05, 4.69) is 13.0 Å². The van der Waals surface area contributed by atoms with Gasteiger partial charge in [0, 0.05) is 0 Å². The Balaban J connectivity index is 0.00000208. The SMILES string of the molecule is CC1CCC(CCc2ccc(-c3cc[c-]cc3)c(F)c2Cl)CC1.[Rb+]. The van der Waals surface area contributed by atoms with Crippen molar-refractivity contribution in [3.8, 4) is 11.1 Å². The third kappa shape index (κ3) is 5.24. The monoisotopic (exact) mass is 414 g/mol. The molecule has 0 unspecified atom stereocenters. The van der Waals surface area contributed by atoms with Crippen molar-refractivity contribution < 1.29 is 62.6 Å². The largest absolute Gasteiger partial charge is 1.00 e. The summed E-state index contributed by atoms with van der Waals surface area (Å²) in [6, 6.07) is 14.1. The zero-order valence-electron chi connectivity index (χ0n) is 14.6.